The van der Waals surface area contributed by atoms with Crippen molar-refractivity contribution in [1.29, 1.82) is 0 Å². The molecule has 22 heavy (non-hydrogen) atoms. The Bertz CT molecular complexity index is 487. The minimum absolute atomic E-state index is 0.0725. The molecule has 122 valence electrons. The zero-order valence-electron chi connectivity index (χ0n) is 13.8. The Morgan fingerprint density at radius 1 is 1.18 bits per heavy atom. The van der Waals surface area contributed by atoms with Crippen molar-refractivity contribution in [3.63, 3.8) is 0 Å². The first kappa shape index (κ1) is 18.2. The van der Waals surface area contributed by atoms with Gasteiger partial charge in [0.1, 0.15) is 5.75 Å². The quantitative estimate of drug-likeness (QED) is 0.782. The van der Waals surface area contributed by atoms with E-state index in [1.807, 2.05) is 52.1 Å². The number of nitrogens with zero attached hydrogens (tertiary/aromatic N) is 2. The highest BCUT2D eigenvalue weighted by Gasteiger charge is 2.14. The molecular weight excluding hydrogens is 298 g/mol. The van der Waals surface area contributed by atoms with E-state index in [0.717, 1.165) is 11.4 Å². The second kappa shape index (κ2) is 9.25. The summed E-state index contributed by atoms with van der Waals surface area (Å²) in [6, 6.07) is 7.57. The van der Waals surface area contributed by atoms with Gasteiger partial charge in [0.25, 0.3) is 0 Å². The SMILES string of the molecule is CCOc1ccc(NC(=S)N(C)CC(=O)N(CC)CC)cc1. The van der Waals surface area contributed by atoms with Gasteiger partial charge in [-0.05, 0) is 57.3 Å². The molecule has 6 heteroatoms. The predicted octanol–water partition coefficient (Wildman–Crippen LogP) is 2.58. The number of rotatable bonds is 7. The maximum Gasteiger partial charge on any atom is 0.242 e. The first-order valence-electron chi connectivity index (χ1n) is 7.54. The van der Waals surface area contributed by atoms with Crippen molar-refractivity contribution in [3.05, 3.63) is 24.3 Å². The van der Waals surface area contributed by atoms with E-state index in [0.29, 0.717) is 24.8 Å². The largest absolute Gasteiger partial charge is 0.494 e. The van der Waals surface area contributed by atoms with Crippen molar-refractivity contribution < 1.29 is 9.53 Å². The third-order valence-electron chi connectivity index (χ3n) is 3.25. The molecule has 0 saturated heterocycles. The molecule has 0 saturated carbocycles. The van der Waals surface area contributed by atoms with Gasteiger partial charge in [-0.25, -0.2) is 0 Å². The number of likely N-dealkylation sites (N-methyl/N-ethyl adjacent to an activating group) is 2. The summed E-state index contributed by atoms with van der Waals surface area (Å²) in [6.45, 7) is 8.22. The first-order valence-corrected chi connectivity index (χ1v) is 7.95. The molecule has 0 aromatic heterocycles. The van der Waals surface area contributed by atoms with Crippen LogP contribution in [0.2, 0.25) is 0 Å². The third-order valence-corrected chi connectivity index (χ3v) is 3.67. The summed E-state index contributed by atoms with van der Waals surface area (Å²) in [5, 5.41) is 3.64. The second-order valence-corrected chi connectivity index (χ2v) is 5.20. The number of benzene rings is 1. The van der Waals surface area contributed by atoms with Crippen molar-refractivity contribution in [2.45, 2.75) is 20.8 Å². The predicted molar refractivity (Wildman–Crippen MR) is 94.4 cm³/mol. The van der Waals surface area contributed by atoms with Crippen LogP contribution in [-0.2, 0) is 4.79 Å². The van der Waals surface area contributed by atoms with Crippen molar-refractivity contribution >= 4 is 28.9 Å². The number of hydrogen-bond donors (Lipinski definition) is 1. The summed E-state index contributed by atoms with van der Waals surface area (Å²) in [7, 11) is 1.81. The molecule has 1 rings (SSSR count). The minimum Gasteiger partial charge on any atom is -0.494 e. The topological polar surface area (TPSA) is 44.8 Å². The molecule has 0 heterocycles. The van der Waals surface area contributed by atoms with Gasteiger partial charge in [-0.3, -0.25) is 4.79 Å². The molecule has 5 nitrogen and oxygen atoms in total. The molecule has 1 aromatic carbocycles. The van der Waals surface area contributed by atoms with Crippen LogP contribution in [0.15, 0.2) is 24.3 Å². The van der Waals surface area contributed by atoms with Gasteiger partial charge in [-0.15, -0.1) is 0 Å². The number of hydrogen-bond acceptors (Lipinski definition) is 3. The van der Waals surface area contributed by atoms with Crippen LogP contribution in [0.5, 0.6) is 5.75 Å². The van der Waals surface area contributed by atoms with Crippen LogP contribution in [-0.4, -0.2) is 54.1 Å². The molecule has 0 bridgehead atoms. The highest BCUT2D eigenvalue weighted by molar-refractivity contribution is 7.80. The third kappa shape index (κ3) is 5.52. The molecule has 1 amide bonds. The van der Waals surface area contributed by atoms with E-state index in [4.69, 9.17) is 17.0 Å². The molecule has 0 fully saturated rings. The van der Waals surface area contributed by atoms with Crippen LogP contribution in [0.4, 0.5) is 5.69 Å². The molecule has 1 aromatic rings. The summed E-state index contributed by atoms with van der Waals surface area (Å²) in [4.78, 5) is 15.6. The number of ether oxygens (including phenoxy) is 1. The Morgan fingerprint density at radius 2 is 1.77 bits per heavy atom. The highest BCUT2D eigenvalue weighted by Crippen LogP contribution is 2.15. The molecule has 0 aliphatic heterocycles. The standard InChI is InChI=1S/C16H25N3O2S/c1-5-19(6-2)15(20)12-18(4)16(22)17-13-8-10-14(11-9-13)21-7-3/h8-11H,5-7,12H2,1-4H3,(H,17,22). The van der Waals surface area contributed by atoms with E-state index < -0.39 is 0 Å². The van der Waals surface area contributed by atoms with Gasteiger partial charge in [0.15, 0.2) is 5.11 Å². The molecule has 0 radical (unpaired) electrons. The Kier molecular flexibility index (Phi) is 7.66. The van der Waals surface area contributed by atoms with Crippen LogP contribution in [0, 0.1) is 0 Å². The fourth-order valence-electron chi connectivity index (χ4n) is 1.97. The van der Waals surface area contributed by atoms with E-state index >= 15 is 0 Å². The lowest BCUT2D eigenvalue weighted by atomic mass is 10.3. The van der Waals surface area contributed by atoms with Crippen LogP contribution in [0.25, 0.3) is 0 Å². The summed E-state index contributed by atoms with van der Waals surface area (Å²) in [5.41, 5.74) is 0.871. The van der Waals surface area contributed by atoms with Crippen LogP contribution in [0.3, 0.4) is 0 Å². The highest BCUT2D eigenvalue weighted by atomic mass is 32.1. The van der Waals surface area contributed by atoms with Crippen molar-refractivity contribution in [1.82, 2.24) is 9.80 Å². The van der Waals surface area contributed by atoms with Crippen LogP contribution < -0.4 is 10.1 Å². The van der Waals surface area contributed by atoms with E-state index in [1.165, 1.54) is 0 Å². The molecule has 1 N–H and O–H groups in total. The average Bonchev–Trinajstić information content (AvgIpc) is 2.50. The van der Waals surface area contributed by atoms with Gasteiger partial charge in [0.05, 0.1) is 13.2 Å². The maximum atomic E-state index is 12.1. The van der Waals surface area contributed by atoms with E-state index in [1.54, 1.807) is 9.80 Å². The van der Waals surface area contributed by atoms with Crippen LogP contribution in [0.1, 0.15) is 20.8 Å². The number of thiocarbonyl (C=S) groups is 1. The fourth-order valence-corrected chi connectivity index (χ4v) is 2.15. The smallest absolute Gasteiger partial charge is 0.242 e. The zero-order chi connectivity index (χ0) is 16.5. The van der Waals surface area contributed by atoms with Gasteiger partial charge >= 0.3 is 0 Å². The Labute approximate surface area is 138 Å². The number of carbonyl (C=O) groups excluding carboxylic acids is 1. The maximum absolute atomic E-state index is 12.1. The lowest BCUT2D eigenvalue weighted by molar-refractivity contribution is -0.130. The molecule has 0 aliphatic carbocycles. The van der Waals surface area contributed by atoms with Gasteiger partial charge in [0.2, 0.25) is 5.91 Å². The van der Waals surface area contributed by atoms with Gasteiger partial charge in [0, 0.05) is 25.8 Å². The average molecular weight is 323 g/mol. The number of carbonyl (C=O) groups is 1. The van der Waals surface area contributed by atoms with Crippen LogP contribution >= 0.6 is 12.2 Å². The second-order valence-electron chi connectivity index (χ2n) is 4.81. The fraction of sp³-hybridized carbons (Fsp3) is 0.500. The summed E-state index contributed by atoms with van der Waals surface area (Å²) in [5.74, 6) is 0.896. The minimum atomic E-state index is 0.0725. The molecule has 0 aliphatic rings. The van der Waals surface area contributed by atoms with Crippen molar-refractivity contribution in [2.24, 2.45) is 0 Å². The first-order chi connectivity index (χ1) is 10.5. The van der Waals surface area contributed by atoms with E-state index in [2.05, 4.69) is 5.32 Å². The summed E-state index contributed by atoms with van der Waals surface area (Å²) < 4.78 is 5.40. The molecule has 0 atom stereocenters. The molecular formula is C16H25N3O2S. The number of nitrogens with one attached hydrogen (secondary N) is 1. The van der Waals surface area contributed by atoms with Crippen molar-refractivity contribution in [3.8, 4) is 5.75 Å². The summed E-state index contributed by atoms with van der Waals surface area (Å²) >= 11 is 5.33. The van der Waals surface area contributed by atoms with Crippen molar-refractivity contribution in [2.75, 3.05) is 38.6 Å². The summed E-state index contributed by atoms with van der Waals surface area (Å²) in [6.07, 6.45) is 0. The van der Waals surface area contributed by atoms with Gasteiger partial charge in [-0.1, -0.05) is 0 Å². The lowest BCUT2D eigenvalue weighted by Gasteiger charge is -2.25. The normalized spacial score (nSPS) is 10.0. The van der Waals surface area contributed by atoms with E-state index in [-0.39, 0.29) is 12.5 Å². The molecule has 0 unspecified atom stereocenters. The monoisotopic (exact) mass is 323 g/mol. The molecule has 0 spiro atoms. The zero-order valence-corrected chi connectivity index (χ0v) is 14.6. The lowest BCUT2D eigenvalue weighted by Crippen LogP contribution is -2.42. The Balaban J connectivity index is 2.54. The van der Waals surface area contributed by atoms with Gasteiger partial charge < -0.3 is 19.9 Å². The van der Waals surface area contributed by atoms with E-state index in [9.17, 15) is 4.79 Å². The van der Waals surface area contributed by atoms with Gasteiger partial charge in [-0.2, -0.15) is 0 Å². The number of amides is 1. The Hall–Kier alpha value is -1.82. The number of anilines is 1. The Morgan fingerprint density at radius 3 is 2.27 bits per heavy atom.